The van der Waals surface area contributed by atoms with E-state index in [0.29, 0.717) is 19.4 Å². The van der Waals surface area contributed by atoms with Gasteiger partial charge in [0.1, 0.15) is 0 Å². The van der Waals surface area contributed by atoms with Crippen molar-refractivity contribution in [1.82, 2.24) is 0 Å². The molecule has 0 aromatic rings. The van der Waals surface area contributed by atoms with Gasteiger partial charge in [-0.05, 0) is 61.3 Å². The van der Waals surface area contributed by atoms with Gasteiger partial charge < -0.3 is 40.1 Å². The molecule has 12 heteroatoms. The predicted octanol–water partition coefficient (Wildman–Crippen LogP) is 1.10. The van der Waals surface area contributed by atoms with E-state index in [0.717, 1.165) is 0 Å². The average molecular weight is 501 g/mol. The molecule has 6 N–H and O–H groups in total. The van der Waals surface area contributed by atoms with Crippen LogP contribution in [0.15, 0.2) is 0 Å². The standard InChI is InChI=1S/2C6H12O3.2C5H10O3/c1-4-9-5(7)6(2,3)8;1-3-4-6(2,9)5(7)8;1-5(2,7)4(6)8-3;1-3-5(2,8)4(6)7/h8H,4H2,1-3H3;9H,3-4H2,1-2H3,(H,7,8);7H,1-3H3;8H,3H2,1-2H3,(H,6,7). The van der Waals surface area contributed by atoms with E-state index in [1.54, 1.807) is 13.8 Å². The number of methoxy groups -OCH3 is 1. The van der Waals surface area contributed by atoms with Crippen molar-refractivity contribution in [2.75, 3.05) is 13.7 Å². The van der Waals surface area contributed by atoms with Gasteiger partial charge in [0.2, 0.25) is 0 Å². The Morgan fingerprint density at radius 3 is 1.09 bits per heavy atom. The van der Waals surface area contributed by atoms with Crippen molar-refractivity contribution in [1.29, 1.82) is 0 Å². The molecule has 0 aliphatic rings. The lowest BCUT2D eigenvalue weighted by Crippen LogP contribution is -2.34. The fourth-order valence-electron chi connectivity index (χ4n) is 1.30. The number of carbonyl (C=O) groups is 4. The zero-order valence-electron chi connectivity index (χ0n) is 22.0. The fourth-order valence-corrected chi connectivity index (χ4v) is 1.30. The molecule has 0 aliphatic heterocycles. The highest BCUT2D eigenvalue weighted by Gasteiger charge is 2.28. The second kappa shape index (κ2) is 17.2. The Morgan fingerprint density at radius 2 is 1.03 bits per heavy atom. The molecule has 0 amide bonds. The van der Waals surface area contributed by atoms with Crippen molar-refractivity contribution in [2.45, 2.75) is 104 Å². The highest BCUT2D eigenvalue weighted by atomic mass is 16.6. The minimum Gasteiger partial charge on any atom is -0.479 e. The molecule has 0 rings (SSSR count). The monoisotopic (exact) mass is 500 g/mol. The van der Waals surface area contributed by atoms with Crippen molar-refractivity contribution in [3.63, 3.8) is 0 Å². The van der Waals surface area contributed by atoms with Gasteiger partial charge in [0.15, 0.2) is 22.4 Å². The Kier molecular flexibility index (Phi) is 19.7. The third kappa shape index (κ3) is 21.6. The number of carbonyl (C=O) groups excluding carboxylic acids is 2. The summed E-state index contributed by atoms with van der Waals surface area (Å²) < 4.78 is 8.74. The number of hydrogen-bond donors (Lipinski definition) is 6. The zero-order chi connectivity index (χ0) is 28.6. The van der Waals surface area contributed by atoms with Crippen LogP contribution in [0.3, 0.4) is 0 Å². The molecule has 2 unspecified atom stereocenters. The van der Waals surface area contributed by atoms with E-state index in [1.165, 1.54) is 48.7 Å². The van der Waals surface area contributed by atoms with E-state index < -0.39 is 46.3 Å². The summed E-state index contributed by atoms with van der Waals surface area (Å²) >= 11 is 0. The van der Waals surface area contributed by atoms with E-state index in [1.807, 2.05) is 6.92 Å². The molecule has 12 nitrogen and oxygen atoms in total. The molecule has 204 valence electrons. The summed E-state index contributed by atoms with van der Waals surface area (Å²) in [5.74, 6) is -3.51. The fraction of sp³-hybridized carbons (Fsp3) is 0.818. The summed E-state index contributed by atoms with van der Waals surface area (Å²) in [7, 11) is 1.24. The largest absolute Gasteiger partial charge is 0.479 e. The maximum Gasteiger partial charge on any atom is 0.337 e. The van der Waals surface area contributed by atoms with Crippen LogP contribution in [0.5, 0.6) is 0 Å². The molecule has 0 spiro atoms. The minimum atomic E-state index is -1.54. The van der Waals surface area contributed by atoms with Gasteiger partial charge >= 0.3 is 23.9 Å². The number of rotatable bonds is 8. The molecule has 0 heterocycles. The van der Waals surface area contributed by atoms with Crippen LogP contribution >= 0.6 is 0 Å². The first-order chi connectivity index (χ1) is 15.0. The summed E-state index contributed by atoms with van der Waals surface area (Å²) in [6.45, 7) is 13.6. The van der Waals surface area contributed by atoms with Crippen molar-refractivity contribution in [3.8, 4) is 0 Å². The summed E-state index contributed by atoms with van der Waals surface area (Å²) in [4.78, 5) is 41.1. The molecule has 0 aromatic heterocycles. The van der Waals surface area contributed by atoms with E-state index >= 15 is 0 Å². The van der Waals surface area contributed by atoms with Crippen LogP contribution in [0, 0.1) is 0 Å². The molecular weight excluding hydrogens is 456 g/mol. The van der Waals surface area contributed by atoms with Crippen molar-refractivity contribution in [2.24, 2.45) is 0 Å². The van der Waals surface area contributed by atoms with Gasteiger partial charge in [0.25, 0.3) is 0 Å². The van der Waals surface area contributed by atoms with Crippen LogP contribution in [-0.4, -0.2) is 90.6 Å². The Balaban J connectivity index is -0.000000177. The van der Waals surface area contributed by atoms with Gasteiger partial charge in [0.05, 0.1) is 13.7 Å². The van der Waals surface area contributed by atoms with Crippen LogP contribution < -0.4 is 0 Å². The lowest BCUT2D eigenvalue weighted by Gasteiger charge is -2.15. The molecule has 0 saturated carbocycles. The second-order valence-electron chi connectivity index (χ2n) is 8.59. The van der Waals surface area contributed by atoms with Crippen LogP contribution in [-0.2, 0) is 28.7 Å². The zero-order valence-corrected chi connectivity index (χ0v) is 22.0. The van der Waals surface area contributed by atoms with Crippen LogP contribution in [0.2, 0.25) is 0 Å². The molecule has 0 saturated heterocycles. The first-order valence-electron chi connectivity index (χ1n) is 10.6. The van der Waals surface area contributed by atoms with Gasteiger partial charge in [-0.25, -0.2) is 19.2 Å². The van der Waals surface area contributed by atoms with E-state index in [2.05, 4.69) is 9.47 Å². The summed E-state index contributed by atoms with van der Waals surface area (Å²) in [5, 5.41) is 52.1. The Bertz CT molecular complexity index is 610. The summed E-state index contributed by atoms with van der Waals surface area (Å²) in [6.07, 6.45) is 1.23. The molecule has 2 atom stereocenters. The van der Waals surface area contributed by atoms with Crippen LogP contribution in [0.4, 0.5) is 0 Å². The lowest BCUT2D eigenvalue weighted by atomic mass is 10.0. The number of ether oxygens (including phenoxy) is 2. The van der Waals surface area contributed by atoms with Crippen molar-refractivity contribution >= 4 is 23.9 Å². The lowest BCUT2D eigenvalue weighted by molar-refractivity contribution is -0.161. The number of aliphatic carboxylic acids is 2. The van der Waals surface area contributed by atoms with Gasteiger partial charge in [-0.15, -0.1) is 0 Å². The molecule has 0 bridgehead atoms. The molecule has 0 radical (unpaired) electrons. The SMILES string of the molecule is CCC(C)(O)C(=O)O.CCCC(C)(O)C(=O)O.CCOC(=O)C(C)(C)O.COC(=O)C(C)(C)O. The van der Waals surface area contributed by atoms with Gasteiger partial charge in [-0.1, -0.05) is 20.3 Å². The van der Waals surface area contributed by atoms with E-state index in [9.17, 15) is 19.2 Å². The third-order valence-electron chi connectivity index (χ3n) is 3.81. The maximum absolute atomic E-state index is 10.6. The number of esters is 2. The molecule has 0 aromatic carbocycles. The highest BCUT2D eigenvalue weighted by Crippen LogP contribution is 2.10. The molecule has 34 heavy (non-hydrogen) atoms. The first kappa shape index (κ1) is 39.0. The van der Waals surface area contributed by atoms with Gasteiger partial charge in [-0.2, -0.15) is 0 Å². The average Bonchev–Trinajstić information content (AvgIpc) is 2.67. The summed E-state index contributed by atoms with van der Waals surface area (Å²) in [6, 6.07) is 0. The van der Waals surface area contributed by atoms with Crippen molar-refractivity contribution in [3.05, 3.63) is 0 Å². The predicted molar refractivity (Wildman–Crippen MR) is 123 cm³/mol. The number of carboxylic acids is 2. The molecular formula is C22H44O12. The second-order valence-corrected chi connectivity index (χ2v) is 8.59. The molecule has 0 fully saturated rings. The number of aliphatic hydroxyl groups is 4. The first-order valence-corrected chi connectivity index (χ1v) is 10.6. The normalized spacial score (nSPS) is 14.1. The Morgan fingerprint density at radius 1 is 0.676 bits per heavy atom. The highest BCUT2D eigenvalue weighted by molar-refractivity contribution is 5.78. The number of hydrogen-bond acceptors (Lipinski definition) is 10. The quantitative estimate of drug-likeness (QED) is 0.259. The Hall–Kier alpha value is -2.28. The Labute approximate surface area is 201 Å². The smallest absolute Gasteiger partial charge is 0.337 e. The summed E-state index contributed by atoms with van der Waals surface area (Å²) in [5.41, 5.74) is -5.78. The topological polar surface area (TPSA) is 208 Å². The van der Waals surface area contributed by atoms with Gasteiger partial charge in [-0.3, -0.25) is 0 Å². The van der Waals surface area contributed by atoms with Crippen molar-refractivity contribution < 1.29 is 59.3 Å². The minimum absolute atomic E-state index is 0.238. The van der Waals surface area contributed by atoms with Crippen LogP contribution in [0.1, 0.15) is 81.6 Å². The molecule has 0 aliphatic carbocycles. The van der Waals surface area contributed by atoms with E-state index in [-0.39, 0.29) is 6.42 Å². The third-order valence-corrected chi connectivity index (χ3v) is 3.81. The van der Waals surface area contributed by atoms with E-state index in [4.69, 9.17) is 30.6 Å². The maximum atomic E-state index is 10.6. The van der Waals surface area contributed by atoms with Gasteiger partial charge in [0, 0.05) is 0 Å². The number of carboxylic acid groups (broad SMARTS) is 2. The van der Waals surface area contributed by atoms with Crippen LogP contribution in [0.25, 0.3) is 0 Å².